The zero-order chi connectivity index (χ0) is 32.6. The third-order valence-electron chi connectivity index (χ3n) is 14.0. The van der Waals surface area contributed by atoms with Crippen molar-refractivity contribution < 1.29 is 24.2 Å². The van der Waals surface area contributed by atoms with Gasteiger partial charge in [-0.05, 0) is 125 Å². The number of ether oxygens (including phenoxy) is 2. The van der Waals surface area contributed by atoms with Gasteiger partial charge in [-0.1, -0.05) is 33.8 Å². The van der Waals surface area contributed by atoms with Crippen LogP contribution < -0.4 is 14.8 Å². The summed E-state index contributed by atoms with van der Waals surface area (Å²) in [6.07, 6.45) is 7.21. The number of hydrogen-bond donors (Lipinski definition) is 2. The maximum atomic E-state index is 13.4. The minimum Gasteiger partial charge on any atom is -0.485 e. The second kappa shape index (κ2) is 9.59. The zero-order valence-electron chi connectivity index (χ0n) is 28.6. The lowest BCUT2D eigenvalue weighted by Gasteiger charge is -2.75. The summed E-state index contributed by atoms with van der Waals surface area (Å²) in [6, 6.07) is 9.81. The monoisotopic (exact) mass is 626 g/mol. The summed E-state index contributed by atoms with van der Waals surface area (Å²) in [5.41, 5.74) is 3.09. The number of nitrogens with one attached hydrogen (secondary N) is 1. The van der Waals surface area contributed by atoms with Crippen molar-refractivity contribution in [3.05, 3.63) is 52.6 Å². The van der Waals surface area contributed by atoms with E-state index in [-0.39, 0.29) is 39.5 Å². The minimum absolute atomic E-state index is 0.00239. The lowest BCUT2D eigenvalue weighted by molar-refractivity contribution is -0.276. The molecule has 2 aliphatic heterocycles. The molecule has 5 fully saturated rings. The Labute approximate surface area is 273 Å². The molecule has 2 aromatic carbocycles. The van der Waals surface area contributed by atoms with Crippen LogP contribution in [0.3, 0.4) is 0 Å². The number of aryl methyl sites for hydroxylation is 1. The van der Waals surface area contributed by atoms with Crippen molar-refractivity contribution in [2.45, 2.75) is 117 Å². The number of benzene rings is 2. The SMILES string of the molecule is CC(=O)c1ccc(NC(=O)Oc2ccc3c4c2O[C@H]2[C@]5(C)CC[C@@]6(C[C@@H]5[C@@](C)(O)C(C)(C)C)[C@@H](C3)N(CC3CC3)CC[C@]426)cc1C. The van der Waals surface area contributed by atoms with Gasteiger partial charge in [-0.3, -0.25) is 15.0 Å². The van der Waals surface area contributed by atoms with Crippen LogP contribution in [-0.2, 0) is 11.8 Å². The van der Waals surface area contributed by atoms with Crippen LogP contribution in [0.15, 0.2) is 30.3 Å². The molecule has 0 unspecified atom stereocenters. The minimum atomic E-state index is -0.875. The number of amides is 1. The zero-order valence-corrected chi connectivity index (χ0v) is 28.6. The highest BCUT2D eigenvalue weighted by molar-refractivity contribution is 5.96. The summed E-state index contributed by atoms with van der Waals surface area (Å²) in [5, 5.41) is 15.3. The van der Waals surface area contributed by atoms with Crippen molar-refractivity contribution in [2.24, 2.45) is 28.1 Å². The van der Waals surface area contributed by atoms with Gasteiger partial charge in [0.05, 0.1) is 5.60 Å². The summed E-state index contributed by atoms with van der Waals surface area (Å²) in [4.78, 5) is 28.1. The van der Waals surface area contributed by atoms with Crippen LogP contribution in [0.25, 0.3) is 0 Å². The van der Waals surface area contributed by atoms with Gasteiger partial charge in [-0.15, -0.1) is 0 Å². The Kier molecular flexibility index (Phi) is 6.35. The van der Waals surface area contributed by atoms with Crippen molar-refractivity contribution in [1.82, 2.24) is 4.90 Å². The molecule has 9 rings (SSSR count). The van der Waals surface area contributed by atoms with E-state index >= 15 is 0 Å². The Hall–Kier alpha value is -2.90. The number of carbonyl (C=O) groups excluding carboxylic acids is 2. The number of Topliss-reactive ketones (excluding diaryl/α,β-unsaturated/α-hetero) is 1. The van der Waals surface area contributed by atoms with E-state index in [0.717, 1.165) is 55.9 Å². The van der Waals surface area contributed by atoms with E-state index in [1.54, 1.807) is 25.1 Å². The Morgan fingerprint density at radius 3 is 2.54 bits per heavy atom. The normalized spacial score (nSPS) is 35.2. The summed E-state index contributed by atoms with van der Waals surface area (Å²) in [6.45, 7) is 16.6. The fourth-order valence-electron chi connectivity index (χ4n) is 11.2. The molecule has 0 radical (unpaired) electrons. The number of carbonyl (C=O) groups is 2. The molecule has 246 valence electrons. The standard InChI is InChI=1S/C39H50N2O5/c1-22-18-26(11-12-27(22)23(2)42)40-34(43)45-28-13-10-25-19-30-38-15-14-36(6,29(20-38)37(7,44)35(3,4)5)33-39(38,31(25)32(28)46-33)16-17-41(30)21-24-8-9-24/h10-13,18,24,29-30,33,44H,8-9,14-17,19-21H2,1-7H3,(H,40,43)/t29-,30+,33-,36+,37+,38+,39-/m0/s1. The molecule has 7 aliphatic rings. The summed E-state index contributed by atoms with van der Waals surface area (Å²) in [7, 11) is 0. The van der Waals surface area contributed by atoms with E-state index in [2.05, 4.69) is 50.9 Å². The highest BCUT2D eigenvalue weighted by Crippen LogP contribution is 2.79. The van der Waals surface area contributed by atoms with E-state index in [1.807, 2.05) is 13.0 Å². The van der Waals surface area contributed by atoms with Crippen LogP contribution in [0.4, 0.5) is 10.5 Å². The van der Waals surface area contributed by atoms with Crippen LogP contribution in [0, 0.1) is 35.0 Å². The molecule has 46 heavy (non-hydrogen) atoms. The molecule has 0 aromatic heterocycles. The van der Waals surface area contributed by atoms with E-state index < -0.39 is 11.7 Å². The Morgan fingerprint density at radius 1 is 1.11 bits per heavy atom. The smallest absolute Gasteiger partial charge is 0.417 e. The van der Waals surface area contributed by atoms with E-state index in [4.69, 9.17) is 9.47 Å². The average Bonchev–Trinajstić information content (AvgIpc) is 3.71. The number of aliphatic hydroxyl groups is 1. The molecule has 5 aliphatic carbocycles. The Balaban J connectivity index is 1.20. The Morgan fingerprint density at radius 2 is 1.87 bits per heavy atom. The molecule has 2 aromatic rings. The van der Waals surface area contributed by atoms with E-state index in [9.17, 15) is 14.7 Å². The van der Waals surface area contributed by atoms with Crippen LogP contribution in [-0.4, -0.2) is 52.7 Å². The number of likely N-dealkylation sites (tertiary alicyclic amines) is 1. The van der Waals surface area contributed by atoms with Crippen molar-refractivity contribution in [1.29, 1.82) is 0 Å². The molecule has 2 heterocycles. The van der Waals surface area contributed by atoms with Crippen LogP contribution >= 0.6 is 0 Å². The fraction of sp³-hybridized carbons (Fsp3) is 0.641. The van der Waals surface area contributed by atoms with Crippen LogP contribution in [0.2, 0.25) is 0 Å². The topological polar surface area (TPSA) is 88.1 Å². The molecule has 1 saturated heterocycles. The third kappa shape index (κ3) is 3.90. The number of fused-ring (bicyclic) bond motifs is 2. The molecule has 4 saturated carbocycles. The first-order valence-corrected chi connectivity index (χ1v) is 17.5. The summed E-state index contributed by atoms with van der Waals surface area (Å²) in [5.74, 6) is 2.10. The van der Waals surface area contributed by atoms with Crippen molar-refractivity contribution >= 4 is 17.6 Å². The fourth-order valence-corrected chi connectivity index (χ4v) is 11.2. The first-order chi connectivity index (χ1) is 21.6. The predicted octanol–water partition coefficient (Wildman–Crippen LogP) is 7.45. The van der Waals surface area contributed by atoms with Gasteiger partial charge in [-0.2, -0.15) is 0 Å². The average molecular weight is 627 g/mol. The molecular formula is C39H50N2O5. The number of anilines is 1. The molecule has 2 N–H and O–H groups in total. The molecular weight excluding hydrogens is 576 g/mol. The van der Waals surface area contributed by atoms with Gasteiger partial charge in [-0.25, -0.2) is 4.79 Å². The molecule has 1 amide bonds. The van der Waals surface area contributed by atoms with Gasteiger partial charge in [0.1, 0.15) is 6.10 Å². The van der Waals surface area contributed by atoms with Gasteiger partial charge >= 0.3 is 6.09 Å². The van der Waals surface area contributed by atoms with Crippen LogP contribution in [0.1, 0.15) is 107 Å². The Bertz CT molecular complexity index is 1650. The largest absolute Gasteiger partial charge is 0.485 e. The van der Waals surface area contributed by atoms with Gasteiger partial charge in [0, 0.05) is 45.6 Å². The maximum Gasteiger partial charge on any atom is 0.417 e. The van der Waals surface area contributed by atoms with E-state index in [0.29, 0.717) is 23.0 Å². The lowest BCUT2D eigenvalue weighted by atomic mass is 9.31. The van der Waals surface area contributed by atoms with Gasteiger partial charge in [0.25, 0.3) is 0 Å². The molecule has 2 spiro atoms. The van der Waals surface area contributed by atoms with Gasteiger partial charge in [0.2, 0.25) is 0 Å². The maximum absolute atomic E-state index is 13.4. The number of ketones is 1. The van der Waals surface area contributed by atoms with Crippen molar-refractivity contribution in [2.75, 3.05) is 18.4 Å². The predicted molar refractivity (Wildman–Crippen MR) is 178 cm³/mol. The molecule has 4 bridgehead atoms. The van der Waals surface area contributed by atoms with Crippen molar-refractivity contribution in [3.63, 3.8) is 0 Å². The lowest BCUT2D eigenvalue weighted by Crippen LogP contribution is -2.80. The quantitative estimate of drug-likeness (QED) is 0.324. The number of rotatable bonds is 6. The highest BCUT2D eigenvalue weighted by atomic mass is 16.6. The number of piperidine rings is 1. The first-order valence-electron chi connectivity index (χ1n) is 17.5. The third-order valence-corrected chi connectivity index (χ3v) is 14.0. The first kappa shape index (κ1) is 30.4. The second-order valence-corrected chi connectivity index (χ2v) is 17.2. The highest BCUT2D eigenvalue weighted by Gasteiger charge is 2.80. The summed E-state index contributed by atoms with van der Waals surface area (Å²) >= 11 is 0. The van der Waals surface area contributed by atoms with Gasteiger partial charge < -0.3 is 14.6 Å². The van der Waals surface area contributed by atoms with Gasteiger partial charge in [0.15, 0.2) is 17.3 Å². The molecule has 7 heteroatoms. The second-order valence-electron chi connectivity index (χ2n) is 17.2. The summed E-state index contributed by atoms with van der Waals surface area (Å²) < 4.78 is 13.3. The molecule has 7 atom stereocenters. The number of nitrogens with zero attached hydrogens (tertiary/aromatic N) is 1. The number of hydrogen-bond acceptors (Lipinski definition) is 6. The van der Waals surface area contributed by atoms with Crippen molar-refractivity contribution in [3.8, 4) is 11.5 Å². The van der Waals surface area contributed by atoms with Crippen LogP contribution in [0.5, 0.6) is 11.5 Å². The van der Waals surface area contributed by atoms with E-state index in [1.165, 1.54) is 30.5 Å². The molecule has 7 nitrogen and oxygen atoms in total.